The normalized spacial score (nSPS) is 19.1. The summed E-state index contributed by atoms with van der Waals surface area (Å²) in [4.78, 5) is 4.78. The van der Waals surface area contributed by atoms with Crippen LogP contribution >= 0.6 is 0 Å². The van der Waals surface area contributed by atoms with Crippen molar-refractivity contribution < 1.29 is 5.11 Å². The second kappa shape index (κ2) is 7.17. The molecule has 1 aliphatic rings. The fourth-order valence-electron chi connectivity index (χ4n) is 1.70. The highest BCUT2D eigenvalue weighted by Gasteiger charge is 2.09. The predicted octanol–water partition coefficient (Wildman–Crippen LogP) is -0.794. The number of nitrogens with zero attached hydrogens (tertiary/aromatic N) is 2. The zero-order valence-electron chi connectivity index (χ0n) is 9.21. The van der Waals surface area contributed by atoms with Crippen molar-refractivity contribution in [1.82, 2.24) is 15.1 Å². The van der Waals surface area contributed by atoms with Gasteiger partial charge in [-0.05, 0) is 13.5 Å². The number of rotatable bonds is 6. The molecule has 4 heteroatoms. The summed E-state index contributed by atoms with van der Waals surface area (Å²) in [5.41, 5.74) is 0. The fourth-order valence-corrected chi connectivity index (χ4v) is 1.70. The predicted molar refractivity (Wildman–Crippen MR) is 58.5 cm³/mol. The first kappa shape index (κ1) is 11.9. The average Bonchev–Trinajstić information content (AvgIpc) is 2.25. The van der Waals surface area contributed by atoms with Gasteiger partial charge in [-0.1, -0.05) is 0 Å². The molecule has 0 saturated carbocycles. The molecule has 1 saturated heterocycles. The van der Waals surface area contributed by atoms with Crippen LogP contribution < -0.4 is 5.32 Å². The summed E-state index contributed by atoms with van der Waals surface area (Å²) in [5.74, 6) is 0. The molecule has 0 aromatic carbocycles. The largest absolute Gasteiger partial charge is 0.396 e. The van der Waals surface area contributed by atoms with Crippen LogP contribution in [0.4, 0.5) is 0 Å². The highest BCUT2D eigenvalue weighted by Crippen LogP contribution is 1.93. The first-order valence-corrected chi connectivity index (χ1v) is 5.55. The Morgan fingerprint density at radius 1 is 1.29 bits per heavy atom. The lowest BCUT2D eigenvalue weighted by Gasteiger charge is -2.29. The Morgan fingerprint density at radius 2 is 2.00 bits per heavy atom. The van der Waals surface area contributed by atoms with Crippen LogP contribution in [-0.4, -0.2) is 74.4 Å². The molecule has 0 radical (unpaired) electrons. The maximum Gasteiger partial charge on any atom is 0.0443 e. The van der Waals surface area contributed by atoms with E-state index in [1.807, 2.05) is 0 Å². The summed E-state index contributed by atoms with van der Waals surface area (Å²) >= 11 is 0. The third-order valence-corrected chi connectivity index (χ3v) is 2.71. The average molecular weight is 201 g/mol. The second-order valence-corrected chi connectivity index (χ2v) is 3.97. The second-order valence-electron chi connectivity index (χ2n) is 3.97. The van der Waals surface area contributed by atoms with Crippen molar-refractivity contribution in [3.63, 3.8) is 0 Å². The molecule has 0 atom stereocenters. The molecule has 0 spiro atoms. The van der Waals surface area contributed by atoms with E-state index in [2.05, 4.69) is 22.2 Å². The van der Waals surface area contributed by atoms with Crippen LogP contribution in [0.15, 0.2) is 0 Å². The van der Waals surface area contributed by atoms with E-state index >= 15 is 0 Å². The summed E-state index contributed by atoms with van der Waals surface area (Å²) in [7, 11) is 2.12. The Hall–Kier alpha value is -0.160. The molecule has 4 nitrogen and oxygen atoms in total. The molecule has 14 heavy (non-hydrogen) atoms. The zero-order valence-corrected chi connectivity index (χ0v) is 9.21. The maximum absolute atomic E-state index is 8.69. The van der Waals surface area contributed by atoms with Gasteiger partial charge >= 0.3 is 0 Å². The van der Waals surface area contributed by atoms with Crippen molar-refractivity contribution in [3.05, 3.63) is 0 Å². The lowest BCUT2D eigenvalue weighted by Crippen LogP contribution is -2.46. The summed E-state index contributed by atoms with van der Waals surface area (Å²) in [5, 5.41) is 12.0. The molecule has 0 aliphatic carbocycles. The smallest absolute Gasteiger partial charge is 0.0443 e. The molecule has 2 N–H and O–H groups in total. The molecular weight excluding hydrogens is 178 g/mol. The van der Waals surface area contributed by atoms with E-state index in [4.69, 9.17) is 5.11 Å². The van der Waals surface area contributed by atoms with Crippen molar-refractivity contribution in [2.24, 2.45) is 0 Å². The lowest BCUT2D eigenvalue weighted by molar-refractivity contribution is 0.194. The topological polar surface area (TPSA) is 38.7 Å². The van der Waals surface area contributed by atoms with Gasteiger partial charge in [0.05, 0.1) is 0 Å². The number of hydrogen-bond acceptors (Lipinski definition) is 4. The van der Waals surface area contributed by atoms with Crippen LogP contribution in [0.2, 0.25) is 0 Å². The Morgan fingerprint density at radius 3 is 2.64 bits per heavy atom. The van der Waals surface area contributed by atoms with E-state index in [9.17, 15) is 0 Å². The van der Waals surface area contributed by atoms with Gasteiger partial charge in [0.1, 0.15) is 0 Å². The van der Waals surface area contributed by atoms with Gasteiger partial charge < -0.3 is 15.3 Å². The first-order valence-electron chi connectivity index (χ1n) is 5.55. The summed E-state index contributed by atoms with van der Waals surface area (Å²) in [6, 6.07) is 0. The molecule has 0 unspecified atom stereocenters. The third-order valence-electron chi connectivity index (χ3n) is 2.71. The minimum absolute atomic E-state index is 0.304. The Labute approximate surface area is 86.9 Å². The minimum Gasteiger partial charge on any atom is -0.396 e. The van der Waals surface area contributed by atoms with Gasteiger partial charge in [0.25, 0.3) is 0 Å². The highest BCUT2D eigenvalue weighted by atomic mass is 16.3. The van der Waals surface area contributed by atoms with Crippen LogP contribution in [0.3, 0.4) is 0 Å². The Kier molecular flexibility index (Phi) is 6.10. The first-order chi connectivity index (χ1) is 6.83. The lowest BCUT2D eigenvalue weighted by atomic mass is 10.3. The summed E-state index contributed by atoms with van der Waals surface area (Å²) < 4.78 is 0. The van der Waals surface area contributed by atoms with Crippen molar-refractivity contribution in [3.8, 4) is 0 Å². The Bertz CT molecular complexity index is 137. The number of aliphatic hydroxyl groups is 1. The van der Waals surface area contributed by atoms with Crippen LogP contribution in [0.5, 0.6) is 0 Å². The van der Waals surface area contributed by atoms with Gasteiger partial charge in [0.15, 0.2) is 0 Å². The number of piperazine rings is 1. The number of likely N-dealkylation sites (N-methyl/N-ethyl adjacent to an activating group) is 1. The molecule has 1 heterocycles. The molecule has 0 bridgehead atoms. The summed E-state index contributed by atoms with van der Waals surface area (Å²) in [6.07, 6.45) is 0.887. The van der Waals surface area contributed by atoms with Crippen molar-refractivity contribution in [2.45, 2.75) is 6.42 Å². The van der Waals surface area contributed by atoms with Crippen molar-refractivity contribution in [1.29, 1.82) is 0 Å². The third kappa shape index (κ3) is 4.91. The van der Waals surface area contributed by atoms with E-state index in [0.717, 1.165) is 39.1 Å². The molecule has 1 fully saturated rings. The van der Waals surface area contributed by atoms with Gasteiger partial charge in [-0.3, -0.25) is 4.90 Å². The maximum atomic E-state index is 8.69. The van der Waals surface area contributed by atoms with Crippen LogP contribution in [0.1, 0.15) is 6.42 Å². The molecule has 1 aliphatic heterocycles. The minimum atomic E-state index is 0.304. The van der Waals surface area contributed by atoms with Crippen LogP contribution in [-0.2, 0) is 0 Å². The Balaban J connectivity index is 2.00. The standard InChI is InChI=1S/C10H23N3O/c1-12(5-2-10-14)8-9-13-6-3-11-4-7-13/h11,14H,2-10H2,1H3. The van der Waals surface area contributed by atoms with Crippen molar-refractivity contribution in [2.75, 3.05) is 59.5 Å². The summed E-state index contributed by atoms with van der Waals surface area (Å²) in [6.45, 7) is 8.17. The number of hydrogen-bond donors (Lipinski definition) is 2. The molecule has 0 aromatic heterocycles. The van der Waals surface area contributed by atoms with E-state index < -0.39 is 0 Å². The SMILES string of the molecule is CN(CCCO)CCN1CCNCC1. The molecule has 0 amide bonds. The van der Waals surface area contributed by atoms with E-state index in [1.165, 1.54) is 13.1 Å². The molecular formula is C10H23N3O. The molecule has 84 valence electrons. The van der Waals surface area contributed by atoms with Gasteiger partial charge in [0, 0.05) is 52.4 Å². The van der Waals surface area contributed by atoms with E-state index in [-0.39, 0.29) is 0 Å². The number of aliphatic hydroxyl groups excluding tert-OH is 1. The highest BCUT2D eigenvalue weighted by molar-refractivity contribution is 4.68. The van der Waals surface area contributed by atoms with Crippen molar-refractivity contribution >= 4 is 0 Å². The van der Waals surface area contributed by atoms with Gasteiger partial charge in [-0.2, -0.15) is 0 Å². The monoisotopic (exact) mass is 201 g/mol. The fraction of sp³-hybridized carbons (Fsp3) is 1.00. The van der Waals surface area contributed by atoms with Crippen LogP contribution in [0.25, 0.3) is 0 Å². The zero-order chi connectivity index (χ0) is 10.2. The van der Waals surface area contributed by atoms with E-state index in [0.29, 0.717) is 6.61 Å². The van der Waals surface area contributed by atoms with Crippen LogP contribution in [0, 0.1) is 0 Å². The van der Waals surface area contributed by atoms with Gasteiger partial charge in [-0.15, -0.1) is 0 Å². The van der Waals surface area contributed by atoms with Gasteiger partial charge in [-0.25, -0.2) is 0 Å². The quantitative estimate of drug-likeness (QED) is 0.590. The van der Waals surface area contributed by atoms with Gasteiger partial charge in [0.2, 0.25) is 0 Å². The van der Waals surface area contributed by atoms with E-state index in [1.54, 1.807) is 0 Å². The molecule has 1 rings (SSSR count). The number of nitrogens with one attached hydrogen (secondary N) is 1. The molecule has 0 aromatic rings.